The van der Waals surface area contributed by atoms with Gasteiger partial charge in [-0.2, -0.15) is 0 Å². The number of piperidine rings is 1. The van der Waals surface area contributed by atoms with Crippen LogP contribution in [-0.2, 0) is 16.0 Å². The number of aromatic amines is 2. The molecule has 2 atom stereocenters. The number of hydrogen-bond donors (Lipinski definition) is 3. The Morgan fingerprint density at radius 2 is 2.10 bits per heavy atom. The van der Waals surface area contributed by atoms with E-state index in [1.165, 1.54) is 4.90 Å². The lowest BCUT2D eigenvalue weighted by atomic mass is 9.90. The van der Waals surface area contributed by atoms with Crippen LogP contribution in [0.15, 0.2) is 15.7 Å². The molecule has 0 spiro atoms. The Kier molecular flexibility index (Phi) is 4.25. The van der Waals surface area contributed by atoms with Gasteiger partial charge >= 0.3 is 11.7 Å². The molecule has 0 aromatic carbocycles. The van der Waals surface area contributed by atoms with Gasteiger partial charge in [-0.25, -0.2) is 9.59 Å². The summed E-state index contributed by atoms with van der Waals surface area (Å²) < 4.78 is 0. The molecule has 1 aromatic heterocycles. The number of hydrogen-bond acceptors (Lipinski definition) is 4. The maximum absolute atomic E-state index is 12.3. The van der Waals surface area contributed by atoms with Crippen LogP contribution in [0, 0.1) is 5.92 Å². The van der Waals surface area contributed by atoms with Crippen LogP contribution in [0.5, 0.6) is 0 Å². The van der Waals surface area contributed by atoms with Crippen LogP contribution in [0.4, 0.5) is 0 Å². The van der Waals surface area contributed by atoms with Crippen LogP contribution in [0.1, 0.15) is 25.5 Å². The number of likely N-dealkylation sites (tertiary alicyclic amines) is 1. The minimum atomic E-state index is -1.03. The molecule has 0 aliphatic carbocycles. The smallest absolute Gasteiger partial charge is 0.326 e. The van der Waals surface area contributed by atoms with Crippen molar-refractivity contribution in [1.82, 2.24) is 14.9 Å². The van der Waals surface area contributed by atoms with E-state index in [0.717, 1.165) is 18.9 Å². The van der Waals surface area contributed by atoms with Gasteiger partial charge in [0.25, 0.3) is 5.56 Å². The molecule has 0 saturated carbocycles. The van der Waals surface area contributed by atoms with Crippen LogP contribution < -0.4 is 11.2 Å². The number of carbonyl (C=O) groups is 2. The molecule has 3 N–H and O–H groups in total. The van der Waals surface area contributed by atoms with Crippen molar-refractivity contribution in [3.8, 4) is 0 Å². The maximum atomic E-state index is 12.3. The molecule has 0 bridgehead atoms. The molecule has 8 heteroatoms. The Hall–Kier alpha value is -2.38. The van der Waals surface area contributed by atoms with Gasteiger partial charge in [0.05, 0.1) is 6.42 Å². The molecule has 1 aliphatic heterocycles. The zero-order valence-corrected chi connectivity index (χ0v) is 11.6. The third-order valence-electron chi connectivity index (χ3n) is 3.66. The van der Waals surface area contributed by atoms with E-state index < -0.39 is 29.2 Å². The van der Waals surface area contributed by atoms with Crippen LogP contribution in [0.3, 0.4) is 0 Å². The second-order valence-corrected chi connectivity index (χ2v) is 5.28. The maximum Gasteiger partial charge on any atom is 0.326 e. The highest BCUT2D eigenvalue weighted by Gasteiger charge is 2.36. The predicted molar refractivity (Wildman–Crippen MR) is 72.9 cm³/mol. The van der Waals surface area contributed by atoms with Gasteiger partial charge < -0.3 is 15.0 Å². The second-order valence-electron chi connectivity index (χ2n) is 5.28. The molecular formula is C13H17N3O5. The number of aliphatic carboxylic acids is 1. The number of aromatic nitrogens is 2. The number of H-pyrrole nitrogens is 2. The molecule has 1 aliphatic rings. The summed E-state index contributed by atoms with van der Waals surface area (Å²) in [6.07, 6.45) is 1.29. The fraction of sp³-hybridized carbons (Fsp3) is 0.538. The number of carboxylic acids is 1. The molecule has 1 saturated heterocycles. The van der Waals surface area contributed by atoms with Crippen LogP contribution in [0.25, 0.3) is 0 Å². The van der Waals surface area contributed by atoms with Crippen molar-refractivity contribution in [3.05, 3.63) is 32.6 Å². The molecule has 2 unspecified atom stereocenters. The Labute approximate surface area is 119 Å². The number of amides is 1. The van der Waals surface area contributed by atoms with E-state index in [-0.39, 0.29) is 18.0 Å². The van der Waals surface area contributed by atoms with Gasteiger partial charge in [0.1, 0.15) is 6.04 Å². The summed E-state index contributed by atoms with van der Waals surface area (Å²) in [5, 5.41) is 9.28. The van der Waals surface area contributed by atoms with E-state index >= 15 is 0 Å². The van der Waals surface area contributed by atoms with Crippen molar-refractivity contribution in [1.29, 1.82) is 0 Å². The summed E-state index contributed by atoms with van der Waals surface area (Å²) in [6.45, 7) is 2.17. The third-order valence-corrected chi connectivity index (χ3v) is 3.66. The largest absolute Gasteiger partial charge is 0.480 e. The number of nitrogens with zero attached hydrogens (tertiary/aromatic N) is 1. The summed E-state index contributed by atoms with van der Waals surface area (Å²) in [6, 6.07) is 0.266. The molecule has 114 valence electrons. The van der Waals surface area contributed by atoms with Crippen molar-refractivity contribution in [2.75, 3.05) is 6.54 Å². The first-order valence-electron chi connectivity index (χ1n) is 6.73. The average molecular weight is 295 g/mol. The Morgan fingerprint density at radius 1 is 1.38 bits per heavy atom. The van der Waals surface area contributed by atoms with Gasteiger partial charge in [-0.15, -0.1) is 0 Å². The summed E-state index contributed by atoms with van der Waals surface area (Å²) in [4.78, 5) is 51.7. The Bertz CT molecular complexity index is 634. The van der Waals surface area contributed by atoms with Crippen molar-refractivity contribution in [2.24, 2.45) is 5.92 Å². The lowest BCUT2D eigenvalue weighted by Crippen LogP contribution is -2.52. The van der Waals surface area contributed by atoms with E-state index in [4.69, 9.17) is 0 Å². The Balaban J connectivity index is 2.20. The van der Waals surface area contributed by atoms with E-state index in [0.29, 0.717) is 6.54 Å². The summed E-state index contributed by atoms with van der Waals surface area (Å²) in [5.41, 5.74) is -1.11. The fourth-order valence-corrected chi connectivity index (χ4v) is 2.72. The molecule has 0 radical (unpaired) electrons. The van der Waals surface area contributed by atoms with Crippen molar-refractivity contribution in [2.45, 2.75) is 32.2 Å². The number of nitrogens with one attached hydrogen (secondary N) is 2. The van der Waals surface area contributed by atoms with Gasteiger partial charge in [-0.3, -0.25) is 14.6 Å². The lowest BCUT2D eigenvalue weighted by Gasteiger charge is -2.37. The third kappa shape index (κ3) is 3.39. The highest BCUT2D eigenvalue weighted by Crippen LogP contribution is 2.24. The molecular weight excluding hydrogens is 278 g/mol. The van der Waals surface area contributed by atoms with Crippen molar-refractivity contribution < 1.29 is 14.7 Å². The molecule has 1 aromatic rings. The minimum Gasteiger partial charge on any atom is -0.480 e. The fourth-order valence-electron chi connectivity index (χ4n) is 2.72. The van der Waals surface area contributed by atoms with E-state index in [2.05, 4.69) is 4.98 Å². The van der Waals surface area contributed by atoms with Crippen molar-refractivity contribution >= 4 is 11.9 Å². The lowest BCUT2D eigenvalue weighted by molar-refractivity contribution is -0.154. The summed E-state index contributed by atoms with van der Waals surface area (Å²) >= 11 is 0. The molecule has 1 fully saturated rings. The highest BCUT2D eigenvalue weighted by molar-refractivity contribution is 5.85. The number of carboxylic acid groups (broad SMARTS) is 1. The topological polar surface area (TPSA) is 123 Å². The molecule has 8 nitrogen and oxygen atoms in total. The van der Waals surface area contributed by atoms with Crippen LogP contribution in [0.2, 0.25) is 0 Å². The molecule has 2 rings (SSSR count). The molecule has 2 heterocycles. The van der Waals surface area contributed by atoms with Gasteiger partial charge in [-0.05, 0) is 18.8 Å². The highest BCUT2D eigenvalue weighted by atomic mass is 16.4. The molecule has 1 amide bonds. The van der Waals surface area contributed by atoms with Gasteiger partial charge in [0, 0.05) is 18.3 Å². The zero-order valence-electron chi connectivity index (χ0n) is 11.6. The second kappa shape index (κ2) is 5.94. The first-order valence-corrected chi connectivity index (χ1v) is 6.73. The van der Waals surface area contributed by atoms with Crippen LogP contribution >= 0.6 is 0 Å². The number of rotatable bonds is 3. The van der Waals surface area contributed by atoms with Gasteiger partial charge in [0.2, 0.25) is 5.91 Å². The van der Waals surface area contributed by atoms with Crippen LogP contribution in [-0.4, -0.2) is 44.4 Å². The van der Waals surface area contributed by atoms with Gasteiger partial charge in [-0.1, -0.05) is 6.92 Å². The normalized spacial score (nSPS) is 22.0. The van der Waals surface area contributed by atoms with E-state index in [1.54, 1.807) is 6.92 Å². The van der Waals surface area contributed by atoms with E-state index in [9.17, 15) is 24.3 Å². The average Bonchev–Trinajstić information content (AvgIpc) is 2.36. The standard InChI is InChI=1S/C13H17N3O5/c1-7-3-2-4-16(11(7)12(19)20)10(18)6-8-5-9(17)15-13(21)14-8/h5,7,11H,2-4,6H2,1H3,(H,19,20)(H2,14,15,17,21). The first kappa shape index (κ1) is 15.0. The summed E-state index contributed by atoms with van der Waals surface area (Å²) in [7, 11) is 0. The van der Waals surface area contributed by atoms with Gasteiger partial charge in [0.15, 0.2) is 0 Å². The van der Waals surface area contributed by atoms with E-state index in [1.807, 2.05) is 4.98 Å². The predicted octanol–water partition coefficient (Wildman–Crippen LogP) is -0.683. The SMILES string of the molecule is CC1CCCN(C(=O)Cc2cc(=O)[nH]c(=O)[nH]2)C1C(=O)O. The molecule has 21 heavy (non-hydrogen) atoms. The quantitative estimate of drug-likeness (QED) is 0.681. The minimum absolute atomic E-state index is 0.126. The Morgan fingerprint density at radius 3 is 2.71 bits per heavy atom. The summed E-state index contributed by atoms with van der Waals surface area (Å²) in [5.74, 6) is -1.57. The first-order chi connectivity index (χ1) is 9.88. The number of carbonyl (C=O) groups excluding carboxylic acids is 1. The monoisotopic (exact) mass is 295 g/mol. The zero-order chi connectivity index (χ0) is 15.6. The van der Waals surface area contributed by atoms with Crippen molar-refractivity contribution in [3.63, 3.8) is 0 Å².